The summed E-state index contributed by atoms with van der Waals surface area (Å²) in [5, 5.41) is 6.99. The fourth-order valence-electron chi connectivity index (χ4n) is 2.87. The molecule has 1 aliphatic heterocycles. The lowest BCUT2D eigenvalue weighted by atomic mass is 10.1. The SMILES string of the molecule is COc1cccc(OCc2cc(C(=O)N3CCCC(OC)C3)n[nH]2)c1. The molecular formula is C18H23N3O4. The molecule has 1 aromatic carbocycles. The zero-order valence-electron chi connectivity index (χ0n) is 14.5. The van der Waals surface area contributed by atoms with E-state index in [1.807, 2.05) is 18.2 Å². The molecule has 0 bridgehead atoms. The third kappa shape index (κ3) is 4.30. The quantitative estimate of drug-likeness (QED) is 0.869. The topological polar surface area (TPSA) is 76.7 Å². The lowest BCUT2D eigenvalue weighted by Crippen LogP contribution is -2.43. The number of methoxy groups -OCH3 is 2. The summed E-state index contributed by atoms with van der Waals surface area (Å²) >= 11 is 0. The highest BCUT2D eigenvalue weighted by atomic mass is 16.5. The van der Waals surface area contributed by atoms with Gasteiger partial charge in [0.1, 0.15) is 18.1 Å². The van der Waals surface area contributed by atoms with Gasteiger partial charge < -0.3 is 19.1 Å². The number of aromatic nitrogens is 2. The molecule has 1 aliphatic rings. The molecule has 1 fully saturated rings. The highest BCUT2D eigenvalue weighted by Crippen LogP contribution is 2.20. The van der Waals surface area contributed by atoms with Crippen molar-refractivity contribution in [1.29, 1.82) is 0 Å². The second-order valence-electron chi connectivity index (χ2n) is 6.00. The smallest absolute Gasteiger partial charge is 0.274 e. The third-order valence-corrected chi connectivity index (χ3v) is 4.28. The molecule has 1 N–H and O–H groups in total. The van der Waals surface area contributed by atoms with Crippen molar-refractivity contribution in [2.45, 2.75) is 25.6 Å². The van der Waals surface area contributed by atoms with Crippen LogP contribution in [0, 0.1) is 0 Å². The monoisotopic (exact) mass is 345 g/mol. The summed E-state index contributed by atoms with van der Waals surface area (Å²) in [5.74, 6) is 1.35. The molecule has 0 radical (unpaired) electrons. The van der Waals surface area contributed by atoms with Gasteiger partial charge in [0.25, 0.3) is 5.91 Å². The van der Waals surface area contributed by atoms with Gasteiger partial charge in [0, 0.05) is 26.3 Å². The Balaban J connectivity index is 1.59. The summed E-state index contributed by atoms with van der Waals surface area (Å²) in [4.78, 5) is 14.4. The number of nitrogens with one attached hydrogen (secondary N) is 1. The van der Waals surface area contributed by atoms with Gasteiger partial charge in [0.15, 0.2) is 5.69 Å². The van der Waals surface area contributed by atoms with E-state index in [0.29, 0.717) is 24.6 Å². The molecule has 2 heterocycles. The summed E-state index contributed by atoms with van der Waals surface area (Å²) in [5.41, 5.74) is 1.15. The molecule has 1 aromatic heterocycles. The van der Waals surface area contributed by atoms with Crippen LogP contribution in [0.3, 0.4) is 0 Å². The van der Waals surface area contributed by atoms with Gasteiger partial charge in [-0.3, -0.25) is 9.89 Å². The molecule has 134 valence electrons. The lowest BCUT2D eigenvalue weighted by Gasteiger charge is -2.31. The predicted octanol–water partition coefficient (Wildman–Crippen LogP) is 2.25. The van der Waals surface area contributed by atoms with Crippen molar-refractivity contribution in [1.82, 2.24) is 15.1 Å². The molecule has 7 nitrogen and oxygen atoms in total. The van der Waals surface area contributed by atoms with E-state index in [4.69, 9.17) is 14.2 Å². The van der Waals surface area contributed by atoms with Crippen LogP contribution in [0.15, 0.2) is 30.3 Å². The van der Waals surface area contributed by atoms with Gasteiger partial charge in [-0.1, -0.05) is 6.07 Å². The van der Waals surface area contributed by atoms with Crippen LogP contribution in [0.1, 0.15) is 29.0 Å². The zero-order valence-corrected chi connectivity index (χ0v) is 14.5. The normalized spacial score (nSPS) is 17.4. The lowest BCUT2D eigenvalue weighted by molar-refractivity contribution is 0.0265. The Morgan fingerprint density at radius 2 is 2.16 bits per heavy atom. The molecule has 1 unspecified atom stereocenters. The number of likely N-dealkylation sites (tertiary alicyclic amines) is 1. The van der Waals surface area contributed by atoms with E-state index in [1.54, 1.807) is 31.3 Å². The van der Waals surface area contributed by atoms with Crippen LogP contribution in [0.5, 0.6) is 11.5 Å². The van der Waals surface area contributed by atoms with E-state index in [1.165, 1.54) is 0 Å². The highest BCUT2D eigenvalue weighted by Gasteiger charge is 2.25. The van der Waals surface area contributed by atoms with Crippen molar-refractivity contribution >= 4 is 5.91 Å². The first kappa shape index (κ1) is 17.3. The zero-order chi connectivity index (χ0) is 17.6. The Bertz CT molecular complexity index is 716. The Morgan fingerprint density at radius 3 is 2.96 bits per heavy atom. The molecule has 1 atom stereocenters. The van der Waals surface area contributed by atoms with Crippen LogP contribution in [0.2, 0.25) is 0 Å². The Morgan fingerprint density at radius 1 is 1.32 bits per heavy atom. The van der Waals surface area contributed by atoms with Gasteiger partial charge in [-0.15, -0.1) is 0 Å². The van der Waals surface area contributed by atoms with Crippen LogP contribution in [-0.2, 0) is 11.3 Å². The summed E-state index contributed by atoms with van der Waals surface area (Å²) in [6, 6.07) is 9.11. The number of hydrogen-bond acceptors (Lipinski definition) is 5. The number of carbonyl (C=O) groups excluding carboxylic acids is 1. The van der Waals surface area contributed by atoms with Crippen LogP contribution < -0.4 is 9.47 Å². The van der Waals surface area contributed by atoms with Crippen molar-refractivity contribution in [3.8, 4) is 11.5 Å². The van der Waals surface area contributed by atoms with Crippen molar-refractivity contribution in [2.24, 2.45) is 0 Å². The summed E-state index contributed by atoms with van der Waals surface area (Å²) < 4.78 is 16.2. The van der Waals surface area contributed by atoms with Gasteiger partial charge in [-0.25, -0.2) is 0 Å². The third-order valence-electron chi connectivity index (χ3n) is 4.28. The average Bonchev–Trinajstić information content (AvgIpc) is 3.15. The first-order valence-electron chi connectivity index (χ1n) is 8.33. The van der Waals surface area contributed by atoms with Crippen LogP contribution in [0.25, 0.3) is 0 Å². The van der Waals surface area contributed by atoms with E-state index < -0.39 is 0 Å². The van der Waals surface area contributed by atoms with Gasteiger partial charge in [-0.2, -0.15) is 5.10 Å². The van der Waals surface area contributed by atoms with E-state index in [9.17, 15) is 4.79 Å². The van der Waals surface area contributed by atoms with Gasteiger partial charge in [-0.05, 0) is 31.0 Å². The van der Waals surface area contributed by atoms with Gasteiger partial charge in [0.2, 0.25) is 0 Å². The number of piperidine rings is 1. The number of hydrogen-bond donors (Lipinski definition) is 1. The summed E-state index contributed by atoms with van der Waals surface area (Å²) in [7, 11) is 3.29. The minimum atomic E-state index is -0.0781. The maximum atomic E-state index is 12.6. The fourth-order valence-corrected chi connectivity index (χ4v) is 2.87. The molecule has 1 saturated heterocycles. The molecular weight excluding hydrogens is 322 g/mol. The molecule has 0 aliphatic carbocycles. The standard InChI is InChI=1S/C18H23N3O4/c1-23-14-5-3-6-15(10-14)25-12-13-9-17(20-19-13)18(22)21-8-4-7-16(11-21)24-2/h3,5-6,9-10,16H,4,7-8,11-12H2,1-2H3,(H,19,20). The van der Waals surface area contributed by atoms with Gasteiger partial charge >= 0.3 is 0 Å². The number of rotatable bonds is 6. The van der Waals surface area contributed by atoms with Crippen LogP contribution >= 0.6 is 0 Å². The number of benzene rings is 1. The molecule has 0 spiro atoms. The first-order valence-corrected chi connectivity index (χ1v) is 8.33. The minimum Gasteiger partial charge on any atom is -0.497 e. The predicted molar refractivity (Wildman–Crippen MR) is 91.8 cm³/mol. The van der Waals surface area contributed by atoms with Crippen molar-refractivity contribution < 1.29 is 19.0 Å². The molecule has 0 saturated carbocycles. The molecule has 1 amide bonds. The number of aromatic amines is 1. The number of ether oxygens (including phenoxy) is 3. The molecule has 3 rings (SSSR count). The second-order valence-corrected chi connectivity index (χ2v) is 6.00. The fraction of sp³-hybridized carbons (Fsp3) is 0.444. The molecule has 7 heteroatoms. The molecule has 2 aromatic rings. The second kappa shape index (κ2) is 8.02. The number of H-pyrrole nitrogens is 1. The highest BCUT2D eigenvalue weighted by molar-refractivity contribution is 5.92. The number of amides is 1. The van der Waals surface area contributed by atoms with Crippen molar-refractivity contribution in [3.63, 3.8) is 0 Å². The minimum absolute atomic E-state index is 0.0781. The summed E-state index contributed by atoms with van der Waals surface area (Å²) in [6.07, 6.45) is 2.04. The Labute approximate surface area is 146 Å². The van der Waals surface area contributed by atoms with Gasteiger partial charge in [0.05, 0.1) is 18.9 Å². The van der Waals surface area contributed by atoms with Crippen LogP contribution in [0.4, 0.5) is 0 Å². The van der Waals surface area contributed by atoms with Crippen LogP contribution in [-0.4, -0.2) is 54.4 Å². The maximum absolute atomic E-state index is 12.6. The number of nitrogens with zero attached hydrogens (tertiary/aromatic N) is 2. The first-order chi connectivity index (χ1) is 12.2. The summed E-state index contributed by atoms with van der Waals surface area (Å²) in [6.45, 7) is 1.65. The van der Waals surface area contributed by atoms with Crippen molar-refractivity contribution in [2.75, 3.05) is 27.3 Å². The van der Waals surface area contributed by atoms with E-state index >= 15 is 0 Å². The van der Waals surface area contributed by atoms with E-state index in [0.717, 1.165) is 30.8 Å². The molecule has 25 heavy (non-hydrogen) atoms. The Hall–Kier alpha value is -2.54. The number of carbonyl (C=O) groups is 1. The van der Waals surface area contributed by atoms with Crippen molar-refractivity contribution in [3.05, 3.63) is 41.7 Å². The van der Waals surface area contributed by atoms with E-state index in [2.05, 4.69) is 10.2 Å². The maximum Gasteiger partial charge on any atom is 0.274 e. The average molecular weight is 345 g/mol. The Kier molecular flexibility index (Phi) is 5.55. The van der Waals surface area contributed by atoms with E-state index in [-0.39, 0.29) is 12.0 Å². The largest absolute Gasteiger partial charge is 0.497 e.